The normalized spacial score (nSPS) is 5.12. The van der Waals surface area contributed by atoms with Crippen LogP contribution in [0.25, 0.3) is 0 Å². The summed E-state index contributed by atoms with van der Waals surface area (Å²) in [6.07, 6.45) is -0.954. The quantitative estimate of drug-likeness (QED) is 0.410. The first kappa shape index (κ1) is 68.8. The second-order valence-electron chi connectivity index (χ2n) is 1.37. The number of hydrogen-bond acceptors (Lipinski definition) is 6. The summed E-state index contributed by atoms with van der Waals surface area (Å²) in [5.74, 6) is 0. The molecule has 6 N–H and O–H groups in total. The molecule has 7 heteroatoms. The zero-order valence-electron chi connectivity index (χ0n) is 5.25. The molecule has 0 unspecified atom stereocenters. The van der Waals surface area contributed by atoms with E-state index in [1.807, 2.05) is 0 Å². The number of hydrogen-bond donors (Lipinski definition) is 6. The van der Waals surface area contributed by atoms with Gasteiger partial charge in [-0.15, -0.1) is 0 Å². The van der Waals surface area contributed by atoms with Crippen molar-refractivity contribution in [1.82, 2.24) is 0 Å². The van der Waals surface area contributed by atoms with E-state index < -0.39 is 13.4 Å². The van der Waals surface area contributed by atoms with Crippen LogP contribution in [0.1, 0.15) is 52.0 Å². The summed E-state index contributed by atoms with van der Waals surface area (Å²) in [5.41, 5.74) is 0. The van der Waals surface area contributed by atoms with Gasteiger partial charge in [0.15, 0.2) is 0 Å². The Hall–Kier alpha value is -0.175. The lowest BCUT2D eigenvalue weighted by atomic mass is 10.3. The molecule has 0 saturated carbocycles. The molecular weight excluding hydrogens is 227 g/mol. The van der Waals surface area contributed by atoms with Crippen LogP contribution >= 0.6 is 0 Å². The molecule has 0 aliphatic heterocycles. The van der Waals surface area contributed by atoms with Crippen LogP contribution in [0, 0.1) is 0 Å². The summed E-state index contributed by atoms with van der Waals surface area (Å²) in [6, 6.07) is 0. The van der Waals surface area contributed by atoms with Crippen molar-refractivity contribution < 1.29 is 30.4 Å². The van der Waals surface area contributed by atoms with Crippen LogP contribution in [0.4, 0.5) is 0 Å². The molecular formula is C10H39BO6. The van der Waals surface area contributed by atoms with Crippen molar-refractivity contribution in [2.45, 2.75) is 58.1 Å². The Morgan fingerprint density at radius 1 is 0.647 bits per heavy atom. The molecule has 0 aliphatic carbocycles. The largest absolute Gasteiger partial charge is 0.631 e. The fraction of sp³-hybridized carbons (Fsp3) is 1.00. The van der Waals surface area contributed by atoms with Crippen molar-refractivity contribution in [3.8, 4) is 0 Å². The lowest BCUT2D eigenvalue weighted by Crippen LogP contribution is -2.15. The van der Waals surface area contributed by atoms with E-state index in [0.717, 1.165) is 0 Å². The van der Waals surface area contributed by atoms with Crippen LogP contribution in [0.2, 0.25) is 0 Å². The highest BCUT2D eigenvalue weighted by Gasteiger charge is 1.93. The second-order valence-corrected chi connectivity index (χ2v) is 1.37. The Balaban J connectivity index is -0.00000000783. The van der Waals surface area contributed by atoms with Gasteiger partial charge in [-0.05, 0) is 0 Å². The predicted octanol–water partition coefficient (Wildman–Crippen LogP) is 0.733. The van der Waals surface area contributed by atoms with Gasteiger partial charge in [0.05, 0.1) is 13.2 Å². The van der Waals surface area contributed by atoms with Crippen molar-refractivity contribution in [3.05, 3.63) is 0 Å². The van der Waals surface area contributed by atoms with Crippen LogP contribution in [-0.2, 0) is 0 Å². The minimum Gasteiger partial charge on any atom is -0.402 e. The standard InChI is InChI=1S/C3H8O3.7CH4.BH3O3/c4-1-3(6)2-5;;;;;;;;2-1(3)4/h3-6H,1-2H2;7*1H4;2-4H. The van der Waals surface area contributed by atoms with E-state index in [1.54, 1.807) is 0 Å². The van der Waals surface area contributed by atoms with Crippen molar-refractivity contribution >= 4 is 7.32 Å². The Morgan fingerprint density at radius 3 is 0.765 bits per heavy atom. The molecule has 0 aliphatic rings. The van der Waals surface area contributed by atoms with Crippen LogP contribution in [0.3, 0.4) is 0 Å². The van der Waals surface area contributed by atoms with Gasteiger partial charge >= 0.3 is 7.32 Å². The van der Waals surface area contributed by atoms with E-state index in [2.05, 4.69) is 0 Å². The molecule has 0 aromatic rings. The molecule has 0 radical (unpaired) electrons. The van der Waals surface area contributed by atoms with Crippen molar-refractivity contribution in [2.24, 2.45) is 0 Å². The van der Waals surface area contributed by atoms with Gasteiger partial charge in [0.25, 0.3) is 0 Å². The molecule has 0 spiro atoms. The molecule has 0 saturated heterocycles. The van der Waals surface area contributed by atoms with Crippen molar-refractivity contribution in [2.75, 3.05) is 13.2 Å². The molecule has 0 atom stereocenters. The Labute approximate surface area is 110 Å². The maximum atomic E-state index is 8.17. The molecule has 6 nitrogen and oxygen atoms in total. The van der Waals surface area contributed by atoms with Gasteiger partial charge in [-0.25, -0.2) is 0 Å². The molecule has 0 amide bonds. The summed E-state index contributed by atoms with van der Waals surface area (Å²) >= 11 is 0. The summed E-state index contributed by atoms with van der Waals surface area (Å²) in [5, 5.41) is 45.5. The van der Waals surface area contributed by atoms with Crippen LogP contribution in [0.5, 0.6) is 0 Å². The predicted molar refractivity (Wildman–Crippen MR) is 79.7 cm³/mol. The van der Waals surface area contributed by atoms with E-state index in [4.69, 9.17) is 30.4 Å². The van der Waals surface area contributed by atoms with Gasteiger partial charge in [-0.3, -0.25) is 0 Å². The van der Waals surface area contributed by atoms with Crippen molar-refractivity contribution in [3.63, 3.8) is 0 Å². The monoisotopic (exact) mass is 266 g/mol. The Kier molecular flexibility index (Phi) is 230. The van der Waals surface area contributed by atoms with E-state index in [9.17, 15) is 0 Å². The highest BCUT2D eigenvalue weighted by Crippen LogP contribution is 1.71. The van der Waals surface area contributed by atoms with Gasteiger partial charge in [0, 0.05) is 0 Å². The van der Waals surface area contributed by atoms with E-state index >= 15 is 0 Å². The molecule has 0 aromatic heterocycles. The first-order chi connectivity index (χ1) is 4.54. The van der Waals surface area contributed by atoms with E-state index in [1.165, 1.54) is 0 Å². The second kappa shape index (κ2) is 56.8. The lowest BCUT2D eigenvalue weighted by Gasteiger charge is -1.96. The molecule has 118 valence electrons. The average Bonchev–Trinajstić information content (AvgIpc) is 1.85. The summed E-state index contributed by atoms with van der Waals surface area (Å²) in [6.45, 7) is -0.729. The third kappa shape index (κ3) is 207. The molecule has 0 fully saturated rings. The van der Waals surface area contributed by atoms with Gasteiger partial charge in [-0.1, -0.05) is 52.0 Å². The molecule has 0 rings (SSSR count). The fourth-order valence-electron chi connectivity index (χ4n) is 0.0577. The minimum absolute atomic E-state index is 0. The zero-order chi connectivity index (χ0) is 8.57. The lowest BCUT2D eigenvalue weighted by molar-refractivity contribution is 0.0450. The van der Waals surface area contributed by atoms with Crippen LogP contribution in [0.15, 0.2) is 0 Å². The first-order valence-corrected chi connectivity index (χ1v) is 2.48. The number of aliphatic hydroxyl groups excluding tert-OH is 3. The zero-order valence-corrected chi connectivity index (χ0v) is 5.25. The van der Waals surface area contributed by atoms with Gasteiger partial charge in [0.1, 0.15) is 6.10 Å². The molecule has 0 aromatic carbocycles. The Bertz CT molecular complexity index is 60.0. The van der Waals surface area contributed by atoms with Gasteiger partial charge in [-0.2, -0.15) is 0 Å². The van der Waals surface area contributed by atoms with E-state index in [0.29, 0.717) is 0 Å². The topological polar surface area (TPSA) is 121 Å². The number of rotatable bonds is 2. The number of aliphatic hydroxyl groups is 3. The minimum atomic E-state index is -2.17. The molecule has 0 heterocycles. The Morgan fingerprint density at radius 2 is 0.765 bits per heavy atom. The first-order valence-electron chi connectivity index (χ1n) is 2.48. The smallest absolute Gasteiger partial charge is 0.402 e. The summed E-state index contributed by atoms with van der Waals surface area (Å²) in [4.78, 5) is 0. The van der Waals surface area contributed by atoms with E-state index in [-0.39, 0.29) is 65.2 Å². The average molecular weight is 266 g/mol. The fourth-order valence-corrected chi connectivity index (χ4v) is 0.0577. The maximum absolute atomic E-state index is 8.17. The summed E-state index contributed by atoms with van der Waals surface area (Å²) in [7, 11) is -2.17. The molecule has 0 bridgehead atoms. The van der Waals surface area contributed by atoms with Crippen LogP contribution in [-0.4, -0.2) is 57.0 Å². The van der Waals surface area contributed by atoms with Gasteiger partial charge in [0.2, 0.25) is 0 Å². The maximum Gasteiger partial charge on any atom is 0.631 e. The highest BCUT2D eigenvalue weighted by atomic mass is 16.5. The third-order valence-electron chi connectivity index (χ3n) is 0.421. The SMILES string of the molecule is C.C.C.C.C.C.C.OB(O)O.OCC(O)CO. The van der Waals surface area contributed by atoms with Crippen LogP contribution < -0.4 is 0 Å². The highest BCUT2D eigenvalue weighted by molar-refractivity contribution is 6.30. The third-order valence-corrected chi connectivity index (χ3v) is 0.421. The van der Waals surface area contributed by atoms with Gasteiger partial charge < -0.3 is 30.4 Å². The van der Waals surface area contributed by atoms with Crippen molar-refractivity contribution in [1.29, 1.82) is 0 Å². The summed E-state index contributed by atoms with van der Waals surface area (Å²) < 4.78 is 0. The molecule has 17 heavy (non-hydrogen) atoms.